The molecular weight excluding hydrogens is 312 g/mol. The summed E-state index contributed by atoms with van der Waals surface area (Å²) in [5.41, 5.74) is 0.245. The molecule has 1 fully saturated rings. The van der Waals surface area contributed by atoms with E-state index in [4.69, 9.17) is 0 Å². The van der Waals surface area contributed by atoms with E-state index in [9.17, 15) is 14.9 Å². The van der Waals surface area contributed by atoms with Gasteiger partial charge in [-0.2, -0.15) is 0 Å². The van der Waals surface area contributed by atoms with Crippen molar-refractivity contribution in [3.05, 3.63) is 38.3 Å². The molecule has 0 spiro atoms. The van der Waals surface area contributed by atoms with Crippen LogP contribution in [0.2, 0.25) is 0 Å². The lowest BCUT2D eigenvalue weighted by atomic mass is 9.95. The first-order chi connectivity index (χ1) is 9.06. The number of hydrogen-bond donors (Lipinski definition) is 1. The molecule has 19 heavy (non-hydrogen) atoms. The molecule has 0 radical (unpaired) electrons. The monoisotopic (exact) mass is 326 g/mol. The summed E-state index contributed by atoms with van der Waals surface area (Å²) in [7, 11) is 0. The lowest BCUT2D eigenvalue weighted by Crippen LogP contribution is -2.36. The number of nitrogens with one attached hydrogen (secondary N) is 1. The van der Waals surface area contributed by atoms with E-state index >= 15 is 0 Å². The quantitative estimate of drug-likeness (QED) is 0.683. The van der Waals surface area contributed by atoms with Gasteiger partial charge in [-0.1, -0.05) is 35.2 Å². The zero-order valence-electron chi connectivity index (χ0n) is 10.4. The highest BCUT2D eigenvalue weighted by Crippen LogP contribution is 2.22. The summed E-state index contributed by atoms with van der Waals surface area (Å²) in [6.07, 6.45) is 5.45. The fourth-order valence-corrected chi connectivity index (χ4v) is 2.81. The summed E-state index contributed by atoms with van der Waals surface area (Å²) in [6.45, 7) is 0. The molecule has 0 aliphatic heterocycles. The highest BCUT2D eigenvalue weighted by atomic mass is 79.9. The van der Waals surface area contributed by atoms with Crippen molar-refractivity contribution < 1.29 is 9.72 Å². The Labute approximate surface area is 119 Å². The Balaban J connectivity index is 2.11. The van der Waals surface area contributed by atoms with E-state index in [1.54, 1.807) is 6.07 Å². The van der Waals surface area contributed by atoms with Gasteiger partial charge in [0.05, 0.1) is 4.92 Å². The molecule has 1 amide bonds. The molecule has 2 rings (SSSR count). The number of halogens is 1. The van der Waals surface area contributed by atoms with Gasteiger partial charge in [0.15, 0.2) is 0 Å². The van der Waals surface area contributed by atoms with E-state index < -0.39 is 4.92 Å². The second kappa shape index (κ2) is 6.14. The van der Waals surface area contributed by atoms with Crippen LogP contribution in [0.3, 0.4) is 0 Å². The van der Waals surface area contributed by atoms with Gasteiger partial charge in [0.2, 0.25) is 0 Å². The van der Waals surface area contributed by atoms with E-state index in [0.717, 1.165) is 25.7 Å². The molecule has 1 aromatic carbocycles. The van der Waals surface area contributed by atoms with Crippen molar-refractivity contribution in [2.75, 3.05) is 0 Å². The second-order valence-corrected chi connectivity index (χ2v) is 5.68. The van der Waals surface area contributed by atoms with Gasteiger partial charge in [-0.15, -0.1) is 0 Å². The number of nitro benzene ring substituents is 1. The number of benzene rings is 1. The third-order valence-corrected chi connectivity index (χ3v) is 3.75. The molecule has 1 N–H and O–H groups in total. The third-order valence-electron chi connectivity index (χ3n) is 3.30. The number of hydrogen-bond acceptors (Lipinski definition) is 3. The number of carbonyl (C=O) groups excluding carboxylic acids is 1. The van der Waals surface area contributed by atoms with Crippen LogP contribution in [0.1, 0.15) is 42.5 Å². The SMILES string of the molecule is O=C(NC1CCCCC1)c1cc(Br)cc([N+](=O)[O-])c1. The van der Waals surface area contributed by atoms with Gasteiger partial charge in [0, 0.05) is 28.2 Å². The lowest BCUT2D eigenvalue weighted by Gasteiger charge is -2.22. The molecule has 1 aliphatic carbocycles. The molecule has 1 aliphatic rings. The van der Waals surface area contributed by atoms with Crippen LogP contribution >= 0.6 is 15.9 Å². The summed E-state index contributed by atoms with van der Waals surface area (Å²) in [5.74, 6) is -0.240. The Kier molecular flexibility index (Phi) is 4.52. The van der Waals surface area contributed by atoms with Gasteiger partial charge in [-0.25, -0.2) is 0 Å². The van der Waals surface area contributed by atoms with Gasteiger partial charge < -0.3 is 5.32 Å². The minimum atomic E-state index is -0.498. The lowest BCUT2D eigenvalue weighted by molar-refractivity contribution is -0.385. The van der Waals surface area contributed by atoms with Crippen molar-refractivity contribution in [3.63, 3.8) is 0 Å². The number of rotatable bonds is 3. The number of non-ortho nitro benzene ring substituents is 1. The largest absolute Gasteiger partial charge is 0.349 e. The normalized spacial score (nSPS) is 16.1. The van der Waals surface area contributed by atoms with Crippen molar-refractivity contribution >= 4 is 27.5 Å². The summed E-state index contributed by atoms with van der Waals surface area (Å²) in [6, 6.07) is 4.49. The van der Waals surface area contributed by atoms with E-state index in [-0.39, 0.29) is 17.6 Å². The van der Waals surface area contributed by atoms with Crippen molar-refractivity contribution in [2.45, 2.75) is 38.1 Å². The maximum atomic E-state index is 12.1. The molecule has 0 saturated heterocycles. The number of nitrogens with zero attached hydrogens (tertiary/aromatic N) is 1. The average Bonchev–Trinajstić information content (AvgIpc) is 2.39. The van der Waals surface area contributed by atoms with Gasteiger partial charge in [0.1, 0.15) is 0 Å². The smallest absolute Gasteiger partial charge is 0.271 e. The Bertz CT molecular complexity index is 499. The standard InChI is InChI=1S/C13H15BrN2O3/c14-10-6-9(7-12(8-10)16(18)19)13(17)15-11-4-2-1-3-5-11/h6-8,11H,1-5H2,(H,15,17). The van der Waals surface area contributed by atoms with Crippen LogP contribution in [0.25, 0.3) is 0 Å². The summed E-state index contributed by atoms with van der Waals surface area (Å²) >= 11 is 3.19. The van der Waals surface area contributed by atoms with Gasteiger partial charge in [0.25, 0.3) is 11.6 Å². The number of nitro groups is 1. The number of amides is 1. The highest BCUT2D eigenvalue weighted by molar-refractivity contribution is 9.10. The molecule has 0 unspecified atom stereocenters. The van der Waals surface area contributed by atoms with Crippen LogP contribution in [0, 0.1) is 10.1 Å². The van der Waals surface area contributed by atoms with E-state index in [1.165, 1.54) is 18.6 Å². The predicted molar refractivity (Wildman–Crippen MR) is 75.1 cm³/mol. The molecule has 102 valence electrons. The molecule has 6 heteroatoms. The van der Waals surface area contributed by atoms with Crippen LogP contribution < -0.4 is 5.32 Å². The van der Waals surface area contributed by atoms with Crippen molar-refractivity contribution in [1.29, 1.82) is 0 Å². The Morgan fingerprint density at radius 1 is 1.26 bits per heavy atom. The van der Waals surface area contributed by atoms with Crippen molar-refractivity contribution in [2.24, 2.45) is 0 Å². The highest BCUT2D eigenvalue weighted by Gasteiger charge is 2.18. The first-order valence-corrected chi connectivity index (χ1v) is 7.11. The van der Waals surface area contributed by atoms with Crippen LogP contribution in [0.4, 0.5) is 5.69 Å². The molecule has 0 bridgehead atoms. The Morgan fingerprint density at radius 2 is 1.95 bits per heavy atom. The van der Waals surface area contributed by atoms with E-state index in [0.29, 0.717) is 10.0 Å². The molecule has 1 saturated carbocycles. The van der Waals surface area contributed by atoms with Crippen molar-refractivity contribution in [3.8, 4) is 0 Å². The fraction of sp³-hybridized carbons (Fsp3) is 0.462. The van der Waals surface area contributed by atoms with E-state index in [1.807, 2.05) is 0 Å². The minimum absolute atomic E-state index is 0.0804. The molecular formula is C13H15BrN2O3. The fourth-order valence-electron chi connectivity index (χ4n) is 2.33. The second-order valence-electron chi connectivity index (χ2n) is 4.76. The number of carbonyl (C=O) groups is 1. The van der Waals surface area contributed by atoms with Crippen LogP contribution in [0.15, 0.2) is 22.7 Å². The first-order valence-electron chi connectivity index (χ1n) is 6.32. The maximum absolute atomic E-state index is 12.1. The summed E-state index contributed by atoms with van der Waals surface area (Å²) in [4.78, 5) is 22.4. The van der Waals surface area contributed by atoms with Gasteiger partial charge in [-0.3, -0.25) is 14.9 Å². The van der Waals surface area contributed by atoms with Gasteiger partial charge >= 0.3 is 0 Å². The van der Waals surface area contributed by atoms with Crippen LogP contribution in [-0.4, -0.2) is 16.9 Å². The zero-order chi connectivity index (χ0) is 13.8. The summed E-state index contributed by atoms with van der Waals surface area (Å²) in [5, 5.41) is 13.7. The minimum Gasteiger partial charge on any atom is -0.349 e. The molecule has 0 heterocycles. The molecule has 0 aromatic heterocycles. The molecule has 5 nitrogen and oxygen atoms in total. The van der Waals surface area contributed by atoms with Crippen LogP contribution in [0.5, 0.6) is 0 Å². The Morgan fingerprint density at radius 3 is 2.58 bits per heavy atom. The maximum Gasteiger partial charge on any atom is 0.271 e. The van der Waals surface area contributed by atoms with Crippen LogP contribution in [-0.2, 0) is 0 Å². The van der Waals surface area contributed by atoms with Gasteiger partial charge in [-0.05, 0) is 18.9 Å². The van der Waals surface area contributed by atoms with Crippen molar-refractivity contribution in [1.82, 2.24) is 5.32 Å². The average molecular weight is 327 g/mol. The zero-order valence-corrected chi connectivity index (χ0v) is 12.0. The first kappa shape index (κ1) is 14.0. The predicted octanol–water partition coefficient (Wildman–Crippen LogP) is 3.42. The molecule has 0 atom stereocenters. The topological polar surface area (TPSA) is 72.2 Å². The van der Waals surface area contributed by atoms with E-state index in [2.05, 4.69) is 21.2 Å². The Hall–Kier alpha value is -1.43. The third kappa shape index (κ3) is 3.76. The molecule has 1 aromatic rings. The summed E-state index contributed by atoms with van der Waals surface area (Å²) < 4.78 is 0.537.